The van der Waals surface area contributed by atoms with Crippen molar-refractivity contribution in [2.75, 3.05) is 5.73 Å². The zero-order valence-electron chi connectivity index (χ0n) is 8.75. The number of rotatable bonds is 2. The van der Waals surface area contributed by atoms with E-state index in [1.807, 2.05) is 6.07 Å². The van der Waals surface area contributed by atoms with E-state index >= 15 is 0 Å². The van der Waals surface area contributed by atoms with Crippen LogP contribution in [0.1, 0.15) is 25.3 Å². The Labute approximate surface area is 114 Å². The maximum Gasteiger partial charge on any atom is 0.174 e. The number of nitrogens with two attached hydrogens (primary N) is 1. The summed E-state index contributed by atoms with van der Waals surface area (Å²) in [5.41, 5.74) is 7.76. The first-order valence-corrected chi connectivity index (χ1v) is 7.11. The Morgan fingerprint density at radius 1 is 1.44 bits per heavy atom. The van der Waals surface area contributed by atoms with E-state index in [1.165, 1.54) is 0 Å². The molecule has 0 spiro atoms. The molecule has 0 fully saturated rings. The minimum absolute atomic E-state index is 0.284. The van der Waals surface area contributed by atoms with Gasteiger partial charge >= 0.3 is 0 Å². The topological polar surface area (TPSA) is 52.0 Å². The maximum absolute atomic E-state index is 5.81. The second-order valence-corrected chi connectivity index (χ2v) is 7.45. The first-order valence-electron chi connectivity index (χ1n) is 4.71. The van der Waals surface area contributed by atoms with Gasteiger partial charge in [0.25, 0.3) is 0 Å². The first kappa shape index (κ1) is 12.1. The van der Waals surface area contributed by atoms with Crippen LogP contribution in [0.15, 0.2) is 18.2 Å². The highest BCUT2D eigenvalue weighted by Gasteiger charge is 2.21. The fourth-order valence-corrected chi connectivity index (χ4v) is 4.35. The number of anilines is 1. The summed E-state index contributed by atoms with van der Waals surface area (Å²) >= 11 is 8.55. The van der Waals surface area contributed by atoms with Crippen LogP contribution in [-0.4, -0.2) is 5.16 Å². The Kier molecular flexibility index (Phi) is 3.42. The fourth-order valence-electron chi connectivity index (χ4n) is 1.56. The number of hydrogen-bond acceptors (Lipinski definition) is 4. The number of hydrogen-bond donors (Lipinski definition) is 1. The van der Waals surface area contributed by atoms with Gasteiger partial charge in [-0.2, -0.15) is 0 Å². The summed E-state index contributed by atoms with van der Waals surface area (Å²) in [5, 5.41) is 3.84. The number of nitrogen functional groups attached to an aromatic ring is 1. The molecule has 2 rings (SSSR count). The zero-order valence-corrected chi connectivity index (χ0v) is 12.7. The van der Waals surface area contributed by atoms with E-state index in [-0.39, 0.29) is 5.92 Å². The zero-order chi connectivity index (χ0) is 11.9. The molecule has 0 bridgehead atoms. The normalized spacial score (nSPS) is 11.3. The molecule has 16 heavy (non-hydrogen) atoms. The third kappa shape index (κ3) is 2.06. The van der Waals surface area contributed by atoms with E-state index in [0.717, 1.165) is 24.5 Å². The molecule has 0 saturated carbocycles. The molecule has 2 heterocycles. The summed E-state index contributed by atoms with van der Waals surface area (Å²) in [5.74, 6) is 1.51. The van der Waals surface area contributed by atoms with Gasteiger partial charge in [0.15, 0.2) is 11.6 Å². The van der Waals surface area contributed by atoms with Crippen molar-refractivity contribution in [1.82, 2.24) is 5.16 Å². The van der Waals surface area contributed by atoms with Crippen LogP contribution in [-0.2, 0) is 0 Å². The average Bonchev–Trinajstić information content (AvgIpc) is 2.69. The van der Waals surface area contributed by atoms with Crippen molar-refractivity contribution in [2.24, 2.45) is 0 Å². The van der Waals surface area contributed by atoms with Crippen LogP contribution >= 0.6 is 43.2 Å². The highest BCUT2D eigenvalue weighted by molar-refractivity contribution is 9.12. The average molecular weight is 366 g/mol. The predicted molar refractivity (Wildman–Crippen MR) is 73.7 cm³/mol. The molecule has 3 nitrogen and oxygen atoms in total. The van der Waals surface area contributed by atoms with E-state index in [0.29, 0.717) is 5.82 Å². The summed E-state index contributed by atoms with van der Waals surface area (Å²) in [6.45, 7) is 4.14. The van der Waals surface area contributed by atoms with Crippen LogP contribution < -0.4 is 5.73 Å². The van der Waals surface area contributed by atoms with Gasteiger partial charge in [0.1, 0.15) is 0 Å². The third-order valence-electron chi connectivity index (χ3n) is 2.23. The second-order valence-electron chi connectivity index (χ2n) is 3.70. The maximum atomic E-state index is 5.81. The molecule has 86 valence electrons. The molecular formula is C10H10Br2N2OS. The SMILES string of the molecule is CC(C)c1c(N)noc1-c1cc(Br)sc1Br. The Morgan fingerprint density at radius 2 is 2.12 bits per heavy atom. The van der Waals surface area contributed by atoms with Gasteiger partial charge in [-0.3, -0.25) is 0 Å². The van der Waals surface area contributed by atoms with Crippen molar-refractivity contribution < 1.29 is 4.52 Å². The summed E-state index contributed by atoms with van der Waals surface area (Å²) < 4.78 is 7.37. The van der Waals surface area contributed by atoms with Crippen molar-refractivity contribution in [1.29, 1.82) is 0 Å². The van der Waals surface area contributed by atoms with Crippen molar-refractivity contribution in [2.45, 2.75) is 19.8 Å². The van der Waals surface area contributed by atoms with Gasteiger partial charge in [0.05, 0.1) is 7.57 Å². The van der Waals surface area contributed by atoms with Gasteiger partial charge in [0, 0.05) is 11.1 Å². The number of thiophene rings is 1. The Hall–Kier alpha value is -0.330. The van der Waals surface area contributed by atoms with Gasteiger partial charge in [-0.1, -0.05) is 19.0 Å². The Bertz CT molecular complexity index is 519. The first-order chi connectivity index (χ1) is 7.50. The summed E-state index contributed by atoms with van der Waals surface area (Å²) in [7, 11) is 0. The predicted octanol–water partition coefficient (Wildman–Crippen LogP) is 4.63. The minimum atomic E-state index is 0.284. The van der Waals surface area contributed by atoms with Crippen molar-refractivity contribution in [3.8, 4) is 11.3 Å². The van der Waals surface area contributed by atoms with Crippen molar-refractivity contribution in [3.63, 3.8) is 0 Å². The van der Waals surface area contributed by atoms with E-state index in [4.69, 9.17) is 10.3 Å². The summed E-state index contributed by atoms with van der Waals surface area (Å²) in [6, 6.07) is 2.00. The molecule has 2 aromatic rings. The van der Waals surface area contributed by atoms with E-state index in [2.05, 4.69) is 50.9 Å². The number of halogens is 2. The van der Waals surface area contributed by atoms with Gasteiger partial charge in [-0.05, 0) is 43.8 Å². The lowest BCUT2D eigenvalue weighted by Gasteiger charge is -2.04. The van der Waals surface area contributed by atoms with E-state index < -0.39 is 0 Å². The van der Waals surface area contributed by atoms with Crippen LogP contribution in [0.4, 0.5) is 5.82 Å². The standard InChI is InChI=1S/C10H10Br2N2OS/c1-4(2)7-8(15-14-10(7)13)5-3-6(11)16-9(5)12/h3-4H,1-2H3,(H2,13,14). The van der Waals surface area contributed by atoms with E-state index in [1.54, 1.807) is 11.3 Å². The summed E-state index contributed by atoms with van der Waals surface area (Å²) in [6.07, 6.45) is 0. The highest BCUT2D eigenvalue weighted by Crippen LogP contribution is 2.42. The molecular weight excluding hydrogens is 356 g/mol. The minimum Gasteiger partial charge on any atom is -0.381 e. The third-order valence-corrected chi connectivity index (χ3v) is 4.57. The summed E-state index contributed by atoms with van der Waals surface area (Å²) in [4.78, 5) is 0. The van der Waals surface area contributed by atoms with Gasteiger partial charge < -0.3 is 10.3 Å². The quantitative estimate of drug-likeness (QED) is 0.843. The van der Waals surface area contributed by atoms with Gasteiger partial charge in [-0.15, -0.1) is 11.3 Å². The lowest BCUT2D eigenvalue weighted by molar-refractivity contribution is 0.434. The number of nitrogens with zero attached hydrogens (tertiary/aromatic N) is 1. The highest BCUT2D eigenvalue weighted by atomic mass is 79.9. The smallest absolute Gasteiger partial charge is 0.174 e. The largest absolute Gasteiger partial charge is 0.381 e. The van der Waals surface area contributed by atoms with Crippen LogP contribution in [0, 0.1) is 0 Å². The van der Waals surface area contributed by atoms with Crippen LogP contribution in [0.2, 0.25) is 0 Å². The van der Waals surface area contributed by atoms with Gasteiger partial charge in [-0.25, -0.2) is 0 Å². The van der Waals surface area contributed by atoms with Crippen molar-refractivity contribution >= 4 is 49.0 Å². The molecule has 0 radical (unpaired) electrons. The molecule has 0 aliphatic heterocycles. The molecule has 6 heteroatoms. The Morgan fingerprint density at radius 3 is 2.62 bits per heavy atom. The molecule has 0 atom stereocenters. The molecule has 0 aromatic carbocycles. The second kappa shape index (κ2) is 4.50. The monoisotopic (exact) mass is 364 g/mol. The van der Waals surface area contributed by atoms with Gasteiger partial charge in [0.2, 0.25) is 0 Å². The lowest BCUT2D eigenvalue weighted by Crippen LogP contribution is -1.94. The molecule has 0 aliphatic carbocycles. The number of aromatic nitrogens is 1. The molecule has 2 N–H and O–H groups in total. The fraction of sp³-hybridized carbons (Fsp3) is 0.300. The van der Waals surface area contributed by atoms with Crippen LogP contribution in [0.25, 0.3) is 11.3 Å². The van der Waals surface area contributed by atoms with Crippen LogP contribution in [0.3, 0.4) is 0 Å². The lowest BCUT2D eigenvalue weighted by atomic mass is 10.0. The van der Waals surface area contributed by atoms with Crippen LogP contribution in [0.5, 0.6) is 0 Å². The molecule has 2 aromatic heterocycles. The Balaban J connectivity index is 2.60. The molecule has 0 amide bonds. The van der Waals surface area contributed by atoms with E-state index in [9.17, 15) is 0 Å². The van der Waals surface area contributed by atoms with Crippen molar-refractivity contribution in [3.05, 3.63) is 19.2 Å². The molecule has 0 unspecified atom stereocenters. The molecule has 0 aliphatic rings. The molecule has 0 saturated heterocycles.